The molecule has 0 fully saturated rings. The fourth-order valence-corrected chi connectivity index (χ4v) is 4.02. The van der Waals surface area contributed by atoms with Crippen LogP contribution in [0.4, 0.5) is 18.9 Å². The standard InChI is InChI=1S/C19H18F3NO3S/c1-27(25,26)12-13-4-2-5-15(10-13)18(24)23-9-3-6-14-11-16(19(20,21)22)7-8-17(14)23/h2,4-5,7-8,10-11H,3,6,9,12H2,1H3. The number of nitrogens with zero attached hydrogens (tertiary/aromatic N) is 1. The average molecular weight is 397 g/mol. The molecule has 1 aliphatic heterocycles. The molecule has 0 aromatic heterocycles. The molecule has 1 aliphatic rings. The topological polar surface area (TPSA) is 54.5 Å². The molecular formula is C19H18F3NO3S. The van der Waals surface area contributed by atoms with Crippen molar-refractivity contribution < 1.29 is 26.4 Å². The van der Waals surface area contributed by atoms with Crippen LogP contribution >= 0.6 is 0 Å². The van der Waals surface area contributed by atoms with Crippen molar-refractivity contribution in [1.29, 1.82) is 0 Å². The first-order chi connectivity index (χ1) is 12.5. The van der Waals surface area contributed by atoms with E-state index in [1.54, 1.807) is 18.2 Å². The van der Waals surface area contributed by atoms with Crippen molar-refractivity contribution in [3.05, 3.63) is 64.7 Å². The summed E-state index contributed by atoms with van der Waals surface area (Å²) in [7, 11) is -3.24. The molecule has 0 unspecified atom stereocenters. The lowest BCUT2D eigenvalue weighted by atomic mass is 9.98. The van der Waals surface area contributed by atoms with Crippen LogP contribution in [0.25, 0.3) is 0 Å². The van der Waals surface area contributed by atoms with Gasteiger partial charge in [0.25, 0.3) is 5.91 Å². The second-order valence-electron chi connectivity index (χ2n) is 6.67. The van der Waals surface area contributed by atoms with E-state index >= 15 is 0 Å². The normalized spacial score (nSPS) is 14.7. The highest BCUT2D eigenvalue weighted by Gasteiger charge is 2.32. The molecule has 4 nitrogen and oxygen atoms in total. The van der Waals surface area contributed by atoms with E-state index in [4.69, 9.17) is 0 Å². The van der Waals surface area contributed by atoms with Gasteiger partial charge in [0.05, 0.1) is 11.3 Å². The van der Waals surface area contributed by atoms with Gasteiger partial charge in [0.15, 0.2) is 9.84 Å². The summed E-state index contributed by atoms with van der Waals surface area (Å²) in [4.78, 5) is 14.4. The average Bonchev–Trinajstić information content (AvgIpc) is 2.58. The van der Waals surface area contributed by atoms with Crippen molar-refractivity contribution in [2.24, 2.45) is 0 Å². The Kier molecular flexibility index (Phi) is 5.03. The minimum absolute atomic E-state index is 0.181. The fraction of sp³-hybridized carbons (Fsp3) is 0.316. The highest BCUT2D eigenvalue weighted by atomic mass is 32.2. The zero-order chi connectivity index (χ0) is 19.8. The summed E-state index contributed by atoms with van der Waals surface area (Å²) in [5.74, 6) is -0.536. The van der Waals surface area contributed by atoms with E-state index in [1.807, 2.05) is 0 Å². The Hall–Kier alpha value is -2.35. The van der Waals surface area contributed by atoms with Gasteiger partial charge in [-0.2, -0.15) is 13.2 Å². The van der Waals surface area contributed by atoms with Gasteiger partial charge in [-0.25, -0.2) is 8.42 Å². The lowest BCUT2D eigenvalue weighted by Crippen LogP contribution is -2.35. The molecule has 0 bridgehead atoms. The minimum Gasteiger partial charge on any atom is -0.308 e. The lowest BCUT2D eigenvalue weighted by Gasteiger charge is -2.30. The van der Waals surface area contributed by atoms with Crippen molar-refractivity contribution in [2.45, 2.75) is 24.8 Å². The molecule has 0 radical (unpaired) electrons. The molecule has 0 atom stereocenters. The Morgan fingerprint density at radius 1 is 1.15 bits per heavy atom. The summed E-state index contributed by atoms with van der Waals surface area (Å²) >= 11 is 0. The SMILES string of the molecule is CS(=O)(=O)Cc1cccc(C(=O)N2CCCc3cc(C(F)(F)F)ccc32)c1. The first-order valence-electron chi connectivity index (χ1n) is 8.33. The van der Waals surface area contributed by atoms with Gasteiger partial charge >= 0.3 is 6.18 Å². The van der Waals surface area contributed by atoms with E-state index in [-0.39, 0.29) is 11.7 Å². The number of benzene rings is 2. The molecule has 0 saturated heterocycles. The minimum atomic E-state index is -4.43. The molecule has 8 heteroatoms. The zero-order valence-corrected chi connectivity index (χ0v) is 15.4. The first kappa shape index (κ1) is 19.4. The number of halogens is 3. The number of rotatable bonds is 3. The van der Waals surface area contributed by atoms with E-state index < -0.39 is 21.6 Å². The number of aryl methyl sites for hydroxylation is 1. The van der Waals surface area contributed by atoms with Crippen molar-refractivity contribution in [3.8, 4) is 0 Å². The van der Waals surface area contributed by atoms with Crippen molar-refractivity contribution in [1.82, 2.24) is 0 Å². The number of sulfone groups is 1. The van der Waals surface area contributed by atoms with Gasteiger partial charge in [-0.05, 0) is 54.3 Å². The number of carbonyl (C=O) groups excluding carboxylic acids is 1. The van der Waals surface area contributed by atoms with E-state index in [0.29, 0.717) is 41.8 Å². The molecule has 0 saturated carbocycles. The van der Waals surface area contributed by atoms with Crippen LogP contribution in [0.5, 0.6) is 0 Å². The summed E-state index contributed by atoms with van der Waals surface area (Å²) in [6.45, 7) is 0.396. The second kappa shape index (κ2) is 6.99. The molecule has 1 heterocycles. The van der Waals surface area contributed by atoms with Gasteiger partial charge in [0.1, 0.15) is 0 Å². The lowest BCUT2D eigenvalue weighted by molar-refractivity contribution is -0.137. The smallest absolute Gasteiger partial charge is 0.308 e. The third-order valence-corrected chi connectivity index (χ3v) is 5.23. The molecule has 0 spiro atoms. The quantitative estimate of drug-likeness (QED) is 0.791. The number of carbonyl (C=O) groups is 1. The van der Waals surface area contributed by atoms with Crippen LogP contribution in [-0.2, 0) is 28.2 Å². The van der Waals surface area contributed by atoms with E-state index in [9.17, 15) is 26.4 Å². The molecule has 27 heavy (non-hydrogen) atoms. The van der Waals surface area contributed by atoms with Crippen molar-refractivity contribution >= 4 is 21.4 Å². The van der Waals surface area contributed by atoms with Crippen molar-refractivity contribution in [3.63, 3.8) is 0 Å². The molecule has 0 N–H and O–H groups in total. The van der Waals surface area contributed by atoms with Gasteiger partial charge in [-0.1, -0.05) is 12.1 Å². The molecular weight excluding hydrogens is 379 g/mol. The van der Waals surface area contributed by atoms with Crippen LogP contribution in [0, 0.1) is 0 Å². The molecule has 144 valence electrons. The van der Waals surface area contributed by atoms with Gasteiger partial charge in [-0.15, -0.1) is 0 Å². The Morgan fingerprint density at radius 2 is 1.89 bits per heavy atom. The van der Waals surface area contributed by atoms with Crippen molar-refractivity contribution in [2.75, 3.05) is 17.7 Å². The van der Waals surface area contributed by atoms with E-state index in [1.165, 1.54) is 17.0 Å². The fourth-order valence-electron chi connectivity index (χ4n) is 3.24. The largest absolute Gasteiger partial charge is 0.416 e. The third kappa shape index (κ3) is 4.50. The number of anilines is 1. The molecule has 2 aromatic rings. The molecule has 3 rings (SSSR count). The summed E-state index contributed by atoms with van der Waals surface area (Å²) in [6, 6.07) is 9.71. The maximum absolute atomic E-state index is 12.9. The molecule has 0 aliphatic carbocycles. The number of amides is 1. The summed E-state index contributed by atoms with van der Waals surface area (Å²) < 4.78 is 61.7. The molecule has 1 amide bonds. The summed E-state index contributed by atoms with van der Waals surface area (Å²) in [6.07, 6.45) is -2.29. The zero-order valence-electron chi connectivity index (χ0n) is 14.6. The Labute approximate surface area is 155 Å². The molecule has 2 aromatic carbocycles. The number of fused-ring (bicyclic) bond motifs is 1. The van der Waals surface area contributed by atoms with Gasteiger partial charge < -0.3 is 4.90 Å². The first-order valence-corrected chi connectivity index (χ1v) is 10.4. The Bertz CT molecular complexity index is 984. The summed E-state index contributed by atoms with van der Waals surface area (Å²) in [5.41, 5.74) is 1.02. The van der Waals surface area contributed by atoms with E-state index in [2.05, 4.69) is 0 Å². The Morgan fingerprint density at radius 3 is 2.56 bits per heavy atom. The van der Waals surface area contributed by atoms with Gasteiger partial charge in [0, 0.05) is 24.1 Å². The highest BCUT2D eigenvalue weighted by molar-refractivity contribution is 7.89. The predicted molar refractivity (Wildman–Crippen MR) is 96.4 cm³/mol. The number of hydrogen-bond acceptors (Lipinski definition) is 3. The van der Waals surface area contributed by atoms with Gasteiger partial charge in [0.2, 0.25) is 0 Å². The van der Waals surface area contributed by atoms with Crippen LogP contribution in [-0.4, -0.2) is 27.1 Å². The Balaban J connectivity index is 1.93. The third-order valence-electron chi connectivity index (χ3n) is 4.37. The van der Waals surface area contributed by atoms with Crippen LogP contribution in [0.3, 0.4) is 0 Å². The van der Waals surface area contributed by atoms with Crippen LogP contribution < -0.4 is 4.90 Å². The van der Waals surface area contributed by atoms with Gasteiger partial charge in [-0.3, -0.25) is 4.79 Å². The second-order valence-corrected chi connectivity index (χ2v) is 8.81. The van der Waals surface area contributed by atoms with Crippen LogP contribution in [0.2, 0.25) is 0 Å². The monoisotopic (exact) mass is 397 g/mol. The summed E-state index contributed by atoms with van der Waals surface area (Å²) in [5, 5.41) is 0. The predicted octanol–water partition coefficient (Wildman–Crippen LogP) is 3.84. The van der Waals surface area contributed by atoms with Crippen LogP contribution in [0.15, 0.2) is 42.5 Å². The maximum atomic E-state index is 12.9. The highest BCUT2D eigenvalue weighted by Crippen LogP contribution is 2.35. The number of alkyl halides is 3. The van der Waals surface area contributed by atoms with E-state index in [0.717, 1.165) is 18.4 Å². The van der Waals surface area contributed by atoms with Crippen LogP contribution in [0.1, 0.15) is 33.5 Å². The number of hydrogen-bond donors (Lipinski definition) is 0. The maximum Gasteiger partial charge on any atom is 0.416 e.